The third-order valence-electron chi connectivity index (χ3n) is 2.99. The second-order valence-electron chi connectivity index (χ2n) is 4.43. The monoisotopic (exact) mass is 277 g/mol. The Morgan fingerprint density at radius 1 is 1.05 bits per heavy atom. The van der Waals surface area contributed by atoms with Crippen LogP contribution in [0.25, 0.3) is 16.9 Å². The Kier molecular flexibility index (Phi) is 2.67. The van der Waals surface area contributed by atoms with E-state index >= 15 is 0 Å². The summed E-state index contributed by atoms with van der Waals surface area (Å²) in [5.41, 5.74) is 7.45. The zero-order valence-corrected chi connectivity index (χ0v) is 10.2. The maximum absolute atomic E-state index is 12.5. The van der Waals surface area contributed by atoms with Crippen LogP contribution >= 0.6 is 0 Å². The summed E-state index contributed by atoms with van der Waals surface area (Å²) in [4.78, 5) is 4.34. The van der Waals surface area contributed by atoms with Crippen molar-refractivity contribution in [2.45, 2.75) is 6.18 Å². The fourth-order valence-electron chi connectivity index (χ4n) is 1.97. The van der Waals surface area contributed by atoms with Crippen molar-refractivity contribution in [1.29, 1.82) is 0 Å². The minimum atomic E-state index is -4.33. The molecule has 0 fully saturated rings. The van der Waals surface area contributed by atoms with Crippen molar-refractivity contribution in [3.63, 3.8) is 0 Å². The molecule has 102 valence electrons. The lowest BCUT2D eigenvalue weighted by atomic mass is 10.1. The topological polar surface area (TPSA) is 43.3 Å². The summed E-state index contributed by atoms with van der Waals surface area (Å²) in [5, 5.41) is 0. The molecule has 2 aromatic heterocycles. The first kappa shape index (κ1) is 12.5. The average molecular weight is 277 g/mol. The molecular weight excluding hydrogens is 267 g/mol. The van der Waals surface area contributed by atoms with Gasteiger partial charge in [0.1, 0.15) is 5.65 Å². The highest BCUT2D eigenvalue weighted by atomic mass is 19.4. The van der Waals surface area contributed by atoms with Gasteiger partial charge in [-0.1, -0.05) is 12.1 Å². The molecule has 0 amide bonds. The lowest BCUT2D eigenvalue weighted by molar-refractivity contribution is -0.137. The van der Waals surface area contributed by atoms with Crippen LogP contribution in [0.4, 0.5) is 18.9 Å². The molecule has 0 aliphatic rings. The molecule has 3 rings (SSSR count). The van der Waals surface area contributed by atoms with E-state index < -0.39 is 11.7 Å². The minimum absolute atomic E-state index is 0.585. The number of aromatic nitrogens is 2. The summed E-state index contributed by atoms with van der Waals surface area (Å²) in [6, 6.07) is 8.35. The number of fused-ring (bicyclic) bond motifs is 1. The van der Waals surface area contributed by atoms with Crippen molar-refractivity contribution in [3.8, 4) is 11.3 Å². The van der Waals surface area contributed by atoms with E-state index in [0.29, 0.717) is 22.6 Å². The number of anilines is 1. The normalized spacial score (nSPS) is 11.9. The molecule has 0 saturated carbocycles. The highest BCUT2D eigenvalue weighted by Gasteiger charge is 2.30. The van der Waals surface area contributed by atoms with Gasteiger partial charge in [0.15, 0.2) is 0 Å². The van der Waals surface area contributed by atoms with Gasteiger partial charge in [-0.2, -0.15) is 13.2 Å². The van der Waals surface area contributed by atoms with Gasteiger partial charge in [0.25, 0.3) is 0 Å². The Hall–Kier alpha value is -2.50. The van der Waals surface area contributed by atoms with E-state index in [9.17, 15) is 13.2 Å². The van der Waals surface area contributed by atoms with Crippen molar-refractivity contribution in [1.82, 2.24) is 9.38 Å². The van der Waals surface area contributed by atoms with E-state index in [-0.39, 0.29) is 0 Å². The lowest BCUT2D eigenvalue weighted by Crippen LogP contribution is -2.03. The average Bonchev–Trinajstić information content (AvgIpc) is 2.80. The summed E-state index contributed by atoms with van der Waals surface area (Å²) in [5.74, 6) is 0. The highest BCUT2D eigenvalue weighted by Crippen LogP contribution is 2.30. The van der Waals surface area contributed by atoms with E-state index in [1.54, 1.807) is 28.9 Å². The molecule has 0 aliphatic heterocycles. The quantitative estimate of drug-likeness (QED) is 0.738. The van der Waals surface area contributed by atoms with Crippen LogP contribution in [0.2, 0.25) is 0 Å². The summed E-state index contributed by atoms with van der Waals surface area (Å²) >= 11 is 0. The molecule has 3 nitrogen and oxygen atoms in total. The van der Waals surface area contributed by atoms with Crippen LogP contribution < -0.4 is 5.73 Å². The van der Waals surface area contributed by atoms with Gasteiger partial charge >= 0.3 is 6.18 Å². The van der Waals surface area contributed by atoms with E-state index in [1.165, 1.54) is 12.1 Å². The van der Waals surface area contributed by atoms with Gasteiger partial charge < -0.3 is 10.1 Å². The zero-order valence-electron chi connectivity index (χ0n) is 10.2. The molecule has 0 radical (unpaired) electrons. The van der Waals surface area contributed by atoms with Gasteiger partial charge in [-0.15, -0.1) is 0 Å². The Bertz CT molecular complexity index is 757. The Labute approximate surface area is 112 Å². The van der Waals surface area contributed by atoms with Crippen LogP contribution in [-0.4, -0.2) is 9.38 Å². The van der Waals surface area contributed by atoms with Gasteiger partial charge in [0, 0.05) is 29.7 Å². The first-order chi connectivity index (χ1) is 9.43. The molecule has 0 spiro atoms. The lowest BCUT2D eigenvalue weighted by Gasteiger charge is -2.06. The van der Waals surface area contributed by atoms with Gasteiger partial charge in [-0.05, 0) is 18.2 Å². The fraction of sp³-hybridized carbons (Fsp3) is 0.0714. The van der Waals surface area contributed by atoms with Crippen molar-refractivity contribution in [2.75, 3.05) is 5.73 Å². The first-order valence-electron chi connectivity index (χ1n) is 5.85. The van der Waals surface area contributed by atoms with Crippen LogP contribution in [0.3, 0.4) is 0 Å². The van der Waals surface area contributed by atoms with E-state index in [4.69, 9.17) is 5.73 Å². The number of hydrogen-bond acceptors (Lipinski definition) is 2. The Balaban J connectivity index is 2.02. The second kappa shape index (κ2) is 4.26. The van der Waals surface area contributed by atoms with E-state index in [0.717, 1.165) is 12.1 Å². The van der Waals surface area contributed by atoms with Gasteiger partial charge in [-0.25, -0.2) is 4.98 Å². The number of imidazole rings is 1. The van der Waals surface area contributed by atoms with Gasteiger partial charge in [-0.3, -0.25) is 0 Å². The molecule has 6 heteroatoms. The predicted octanol–water partition coefficient (Wildman–Crippen LogP) is 3.60. The predicted molar refractivity (Wildman–Crippen MR) is 70.0 cm³/mol. The number of alkyl halides is 3. The molecule has 0 unspecified atom stereocenters. The van der Waals surface area contributed by atoms with Crippen LogP contribution in [0.1, 0.15) is 5.56 Å². The highest BCUT2D eigenvalue weighted by molar-refractivity contribution is 5.64. The smallest absolute Gasteiger partial charge is 0.399 e. The number of benzene rings is 1. The maximum Gasteiger partial charge on any atom is 0.416 e. The minimum Gasteiger partial charge on any atom is -0.399 e. The van der Waals surface area contributed by atoms with Crippen molar-refractivity contribution in [3.05, 3.63) is 54.4 Å². The van der Waals surface area contributed by atoms with E-state index in [2.05, 4.69) is 4.98 Å². The SMILES string of the molecule is Nc1ccn2cc(-c3ccc(C(F)(F)F)cc3)nc2c1. The standard InChI is InChI=1S/C14H10F3N3/c15-14(16,17)10-3-1-9(2-4-10)12-8-20-6-5-11(18)7-13(20)19-12/h1-8H,18H2. The molecule has 2 N–H and O–H groups in total. The molecule has 2 heterocycles. The number of hydrogen-bond donors (Lipinski definition) is 1. The molecule has 0 atom stereocenters. The second-order valence-corrected chi connectivity index (χ2v) is 4.43. The number of nitrogen functional groups attached to an aromatic ring is 1. The summed E-state index contributed by atoms with van der Waals surface area (Å²) in [7, 11) is 0. The molecule has 20 heavy (non-hydrogen) atoms. The van der Waals surface area contributed by atoms with Crippen molar-refractivity contribution in [2.24, 2.45) is 0 Å². The van der Waals surface area contributed by atoms with Crippen LogP contribution in [0.5, 0.6) is 0 Å². The van der Waals surface area contributed by atoms with Gasteiger partial charge in [0.2, 0.25) is 0 Å². The van der Waals surface area contributed by atoms with E-state index in [1.807, 2.05) is 0 Å². The number of halogens is 3. The number of pyridine rings is 1. The van der Waals surface area contributed by atoms with Crippen LogP contribution in [0, 0.1) is 0 Å². The molecule has 0 aliphatic carbocycles. The third-order valence-corrected chi connectivity index (χ3v) is 2.99. The Morgan fingerprint density at radius 2 is 1.75 bits per heavy atom. The largest absolute Gasteiger partial charge is 0.416 e. The van der Waals surface area contributed by atoms with Gasteiger partial charge in [0.05, 0.1) is 11.3 Å². The zero-order chi connectivity index (χ0) is 14.3. The molecule has 1 aromatic carbocycles. The van der Waals surface area contributed by atoms with Crippen molar-refractivity contribution < 1.29 is 13.2 Å². The van der Waals surface area contributed by atoms with Crippen LogP contribution in [0.15, 0.2) is 48.8 Å². The van der Waals surface area contributed by atoms with Crippen LogP contribution in [-0.2, 0) is 6.18 Å². The third kappa shape index (κ3) is 2.20. The molecule has 0 bridgehead atoms. The molecule has 3 aromatic rings. The first-order valence-corrected chi connectivity index (χ1v) is 5.85. The fourth-order valence-corrected chi connectivity index (χ4v) is 1.97. The van der Waals surface area contributed by atoms with Crippen molar-refractivity contribution >= 4 is 11.3 Å². The maximum atomic E-state index is 12.5. The molecule has 0 saturated heterocycles. The molecular formula is C14H10F3N3. The number of nitrogens with zero attached hydrogens (tertiary/aromatic N) is 2. The summed E-state index contributed by atoms with van der Waals surface area (Å²) in [6.07, 6.45) is -0.825. The number of rotatable bonds is 1. The number of nitrogens with two attached hydrogens (primary N) is 1. The summed E-state index contributed by atoms with van der Waals surface area (Å²) in [6.45, 7) is 0. The Morgan fingerprint density at radius 3 is 2.40 bits per heavy atom. The summed E-state index contributed by atoms with van der Waals surface area (Å²) < 4.78 is 39.3.